The lowest BCUT2D eigenvalue weighted by molar-refractivity contribution is 0.104. The van der Waals surface area contributed by atoms with Crippen LogP contribution in [0.4, 0.5) is 5.69 Å². The molecule has 2 aromatic rings. The summed E-state index contributed by atoms with van der Waals surface area (Å²) < 4.78 is 0. The largest absolute Gasteiger partial charge is 0.398 e. The fourth-order valence-electron chi connectivity index (χ4n) is 1.38. The summed E-state index contributed by atoms with van der Waals surface area (Å²) in [5.74, 6) is -0.0125. The van der Waals surface area contributed by atoms with Gasteiger partial charge in [0, 0.05) is 10.4 Å². The van der Waals surface area contributed by atoms with E-state index in [1.807, 2.05) is 19.1 Å². The summed E-state index contributed by atoms with van der Waals surface area (Å²) in [5, 5.41) is 0.471. The molecular weight excluding hydrogens is 242 g/mol. The number of nitrogen functional groups attached to an aromatic ring is 1. The molecule has 2 rings (SSSR count). The van der Waals surface area contributed by atoms with Crippen molar-refractivity contribution in [3.05, 3.63) is 50.7 Å². The van der Waals surface area contributed by atoms with Crippen molar-refractivity contribution in [3.8, 4) is 0 Å². The van der Waals surface area contributed by atoms with Crippen molar-refractivity contribution in [1.82, 2.24) is 0 Å². The molecule has 0 radical (unpaired) electrons. The number of hydrogen-bond acceptors (Lipinski definition) is 3. The van der Waals surface area contributed by atoms with Crippen LogP contribution in [0.1, 0.15) is 20.1 Å². The zero-order valence-electron chi connectivity index (χ0n) is 8.66. The average Bonchev–Trinajstić information content (AvgIpc) is 2.68. The van der Waals surface area contributed by atoms with Crippen LogP contribution in [-0.4, -0.2) is 5.78 Å². The van der Waals surface area contributed by atoms with Crippen LogP contribution in [0.2, 0.25) is 5.02 Å². The molecule has 2 nitrogen and oxygen atoms in total. The second-order valence-electron chi connectivity index (χ2n) is 3.48. The van der Waals surface area contributed by atoms with Crippen LogP contribution >= 0.6 is 22.9 Å². The van der Waals surface area contributed by atoms with Gasteiger partial charge in [0.25, 0.3) is 0 Å². The van der Waals surface area contributed by atoms with Crippen LogP contribution in [0.25, 0.3) is 0 Å². The van der Waals surface area contributed by atoms with E-state index in [9.17, 15) is 4.79 Å². The Kier molecular flexibility index (Phi) is 2.99. The molecule has 4 heteroatoms. The van der Waals surface area contributed by atoms with Crippen molar-refractivity contribution >= 4 is 34.4 Å². The summed E-state index contributed by atoms with van der Waals surface area (Å²) in [6.07, 6.45) is 0. The summed E-state index contributed by atoms with van der Waals surface area (Å²) in [4.78, 5) is 13.9. The summed E-state index contributed by atoms with van der Waals surface area (Å²) in [6, 6.07) is 8.70. The third-order valence-electron chi connectivity index (χ3n) is 2.22. The molecule has 0 saturated carbocycles. The second kappa shape index (κ2) is 4.28. The molecule has 2 N–H and O–H groups in total. The molecule has 0 spiro atoms. The van der Waals surface area contributed by atoms with Gasteiger partial charge < -0.3 is 5.73 Å². The molecule has 0 saturated heterocycles. The molecule has 0 aliphatic heterocycles. The third kappa shape index (κ3) is 2.10. The molecule has 1 heterocycles. The first kappa shape index (κ1) is 11.2. The Balaban J connectivity index is 2.38. The maximum atomic E-state index is 12.0. The van der Waals surface area contributed by atoms with Crippen LogP contribution < -0.4 is 5.73 Å². The van der Waals surface area contributed by atoms with Gasteiger partial charge in [0.05, 0.1) is 15.6 Å². The van der Waals surface area contributed by atoms with Crippen molar-refractivity contribution < 1.29 is 4.79 Å². The molecule has 0 fully saturated rings. The Bertz CT molecular complexity index is 548. The minimum Gasteiger partial charge on any atom is -0.398 e. The van der Waals surface area contributed by atoms with Gasteiger partial charge >= 0.3 is 0 Å². The number of nitrogens with two attached hydrogens (primary N) is 1. The first-order chi connectivity index (χ1) is 7.58. The summed E-state index contributed by atoms with van der Waals surface area (Å²) in [5.41, 5.74) is 6.67. The van der Waals surface area contributed by atoms with Gasteiger partial charge in [-0.15, -0.1) is 11.3 Å². The first-order valence-corrected chi connectivity index (χ1v) is 5.93. The fourth-order valence-corrected chi connectivity index (χ4v) is 2.33. The molecule has 1 aromatic carbocycles. The first-order valence-electron chi connectivity index (χ1n) is 4.74. The smallest absolute Gasteiger partial charge is 0.203 e. The van der Waals surface area contributed by atoms with E-state index in [0.29, 0.717) is 16.3 Å². The van der Waals surface area contributed by atoms with E-state index < -0.39 is 0 Å². The van der Waals surface area contributed by atoms with E-state index in [0.717, 1.165) is 9.75 Å². The number of rotatable bonds is 2. The van der Waals surface area contributed by atoms with E-state index in [4.69, 9.17) is 17.3 Å². The van der Waals surface area contributed by atoms with Gasteiger partial charge in [0.2, 0.25) is 5.78 Å². The normalized spacial score (nSPS) is 10.4. The number of halogens is 1. The quantitative estimate of drug-likeness (QED) is 0.656. The zero-order chi connectivity index (χ0) is 11.7. The number of aryl methyl sites for hydroxylation is 1. The molecule has 0 unspecified atom stereocenters. The Morgan fingerprint density at radius 2 is 2.06 bits per heavy atom. The van der Waals surface area contributed by atoms with E-state index in [2.05, 4.69) is 0 Å². The van der Waals surface area contributed by atoms with Gasteiger partial charge in [0.1, 0.15) is 0 Å². The Morgan fingerprint density at radius 1 is 1.31 bits per heavy atom. The number of anilines is 1. The van der Waals surface area contributed by atoms with Gasteiger partial charge in [0.15, 0.2) is 0 Å². The van der Waals surface area contributed by atoms with Crippen molar-refractivity contribution in [3.63, 3.8) is 0 Å². The number of hydrogen-bond donors (Lipinski definition) is 1. The average molecular weight is 252 g/mol. The van der Waals surface area contributed by atoms with Crippen molar-refractivity contribution in [1.29, 1.82) is 0 Å². The molecule has 1 aromatic heterocycles. The summed E-state index contributed by atoms with van der Waals surface area (Å²) in [7, 11) is 0. The fraction of sp³-hybridized carbons (Fsp3) is 0.0833. The van der Waals surface area contributed by atoms with Gasteiger partial charge in [-0.2, -0.15) is 0 Å². The van der Waals surface area contributed by atoms with Crippen LogP contribution in [0.5, 0.6) is 0 Å². The van der Waals surface area contributed by atoms with E-state index in [-0.39, 0.29) is 5.78 Å². The molecule has 0 amide bonds. The molecular formula is C12H10ClNOS. The van der Waals surface area contributed by atoms with Crippen LogP contribution in [0, 0.1) is 6.92 Å². The molecule has 16 heavy (non-hydrogen) atoms. The monoisotopic (exact) mass is 251 g/mol. The van der Waals surface area contributed by atoms with E-state index >= 15 is 0 Å². The molecule has 0 aliphatic rings. The predicted octanol–water partition coefficient (Wildman–Crippen LogP) is 3.52. The predicted molar refractivity (Wildman–Crippen MR) is 68.4 cm³/mol. The van der Waals surface area contributed by atoms with Crippen LogP contribution in [0.3, 0.4) is 0 Å². The lowest BCUT2D eigenvalue weighted by Crippen LogP contribution is -1.99. The topological polar surface area (TPSA) is 43.1 Å². The van der Waals surface area contributed by atoms with E-state index in [1.54, 1.807) is 18.2 Å². The van der Waals surface area contributed by atoms with Gasteiger partial charge in [-0.05, 0) is 37.3 Å². The van der Waals surface area contributed by atoms with E-state index in [1.165, 1.54) is 11.3 Å². The Morgan fingerprint density at radius 3 is 2.62 bits per heavy atom. The second-order valence-corrected chi connectivity index (χ2v) is 5.17. The lowest BCUT2D eigenvalue weighted by Gasteiger charge is -2.01. The third-order valence-corrected chi connectivity index (χ3v) is 3.57. The summed E-state index contributed by atoms with van der Waals surface area (Å²) >= 11 is 7.28. The number of carbonyl (C=O) groups excluding carboxylic acids is 1. The number of carbonyl (C=O) groups is 1. The van der Waals surface area contributed by atoms with Crippen molar-refractivity contribution in [2.24, 2.45) is 0 Å². The van der Waals surface area contributed by atoms with Gasteiger partial charge in [-0.1, -0.05) is 11.6 Å². The number of thiophene rings is 1. The molecule has 0 aliphatic carbocycles. The zero-order valence-corrected chi connectivity index (χ0v) is 10.2. The number of benzene rings is 1. The van der Waals surface area contributed by atoms with Crippen LogP contribution in [-0.2, 0) is 0 Å². The van der Waals surface area contributed by atoms with Gasteiger partial charge in [-0.3, -0.25) is 4.79 Å². The SMILES string of the molecule is Cc1ccc(C(=O)c2ccc(Cl)c(N)c2)s1. The summed E-state index contributed by atoms with van der Waals surface area (Å²) in [6.45, 7) is 1.97. The maximum absolute atomic E-state index is 12.0. The maximum Gasteiger partial charge on any atom is 0.203 e. The minimum absolute atomic E-state index is 0.0125. The highest BCUT2D eigenvalue weighted by molar-refractivity contribution is 7.14. The minimum atomic E-state index is -0.0125. The molecule has 0 atom stereocenters. The van der Waals surface area contributed by atoms with Gasteiger partial charge in [-0.25, -0.2) is 0 Å². The lowest BCUT2D eigenvalue weighted by atomic mass is 10.1. The van der Waals surface area contributed by atoms with Crippen molar-refractivity contribution in [2.75, 3.05) is 5.73 Å². The molecule has 82 valence electrons. The highest BCUT2D eigenvalue weighted by Gasteiger charge is 2.11. The standard InChI is InChI=1S/C12H10ClNOS/c1-7-2-5-11(16-7)12(15)8-3-4-9(13)10(14)6-8/h2-6H,14H2,1H3. The Labute approximate surface area is 103 Å². The number of ketones is 1. The van der Waals surface area contributed by atoms with Crippen molar-refractivity contribution in [2.45, 2.75) is 6.92 Å². The van der Waals surface area contributed by atoms with Crippen LogP contribution in [0.15, 0.2) is 30.3 Å². The highest BCUT2D eigenvalue weighted by atomic mass is 35.5. The molecule has 0 bridgehead atoms. The Hall–Kier alpha value is -1.32. The highest BCUT2D eigenvalue weighted by Crippen LogP contribution is 2.23.